The van der Waals surface area contributed by atoms with E-state index < -0.39 is 17.4 Å². The Morgan fingerprint density at radius 1 is 1.08 bits per heavy atom. The summed E-state index contributed by atoms with van der Waals surface area (Å²) < 4.78 is 7.72. The average Bonchev–Trinajstić information content (AvgIpc) is 3.05. The number of hydrogen-bond acceptors (Lipinski definition) is 0. The quantitative estimate of drug-likeness (QED) is 0.462. The maximum atomic E-state index is 2.64. The van der Waals surface area contributed by atoms with Crippen LogP contribution in [0.5, 0.6) is 0 Å². The molecule has 0 aliphatic heterocycles. The second-order valence-electron chi connectivity index (χ2n) is 9.06. The Bertz CT molecular complexity index is 788. The third kappa shape index (κ3) is 3.78. The maximum Gasteiger partial charge on any atom is -0.147 e. The second kappa shape index (κ2) is 7.03. The molecule has 0 saturated carbocycles. The Labute approximate surface area is 162 Å². The molecule has 0 radical (unpaired) electrons. The van der Waals surface area contributed by atoms with Gasteiger partial charge in [0.1, 0.15) is 0 Å². The van der Waals surface area contributed by atoms with Gasteiger partial charge in [0, 0.05) is 0 Å². The molecule has 0 saturated heterocycles. The predicted molar refractivity (Wildman–Crippen MR) is 113 cm³/mol. The SMILES string of the molecule is CC(C)(C)C1=CC[C]([Zr]([CH3])([CH3])(=[SiH2])[CH]2C=Cc3ccccc32)=C1.Cl.Cl. The van der Waals surface area contributed by atoms with E-state index in [-0.39, 0.29) is 30.2 Å². The van der Waals surface area contributed by atoms with Crippen molar-refractivity contribution in [3.63, 3.8) is 0 Å². The van der Waals surface area contributed by atoms with Gasteiger partial charge in [0.15, 0.2) is 0 Å². The minimum Gasteiger partial charge on any atom is -0.147 e. The number of hydrogen-bond donors (Lipinski definition) is 0. The Kier molecular flexibility index (Phi) is 6.49. The van der Waals surface area contributed by atoms with E-state index in [1.165, 1.54) is 17.6 Å². The number of halogens is 2. The van der Waals surface area contributed by atoms with E-state index in [1.807, 2.05) is 0 Å². The largest absolute Gasteiger partial charge is 0.147 e. The van der Waals surface area contributed by atoms with Crippen LogP contribution in [0, 0.1) is 5.41 Å². The molecule has 2 aliphatic rings. The summed E-state index contributed by atoms with van der Waals surface area (Å²) in [4.78, 5) is 0. The van der Waals surface area contributed by atoms with Crippen LogP contribution in [0.25, 0.3) is 6.08 Å². The van der Waals surface area contributed by atoms with Crippen molar-refractivity contribution in [2.45, 2.75) is 40.1 Å². The van der Waals surface area contributed by atoms with E-state index in [1.54, 1.807) is 8.84 Å². The zero-order valence-electron chi connectivity index (χ0n) is 15.4. The monoisotopic (exact) mass is 458 g/mol. The molecule has 2 aliphatic carbocycles. The van der Waals surface area contributed by atoms with Crippen molar-refractivity contribution < 1.29 is 17.4 Å². The van der Waals surface area contributed by atoms with Gasteiger partial charge in [0.05, 0.1) is 0 Å². The molecular weight excluding hydrogens is 430 g/mol. The van der Waals surface area contributed by atoms with E-state index in [9.17, 15) is 0 Å². The van der Waals surface area contributed by atoms with Gasteiger partial charge in [0.2, 0.25) is 0 Å². The summed E-state index contributed by atoms with van der Waals surface area (Å²) in [7, 11) is 0. The van der Waals surface area contributed by atoms with Crippen molar-refractivity contribution in [2.24, 2.45) is 5.41 Å². The van der Waals surface area contributed by atoms with E-state index >= 15 is 0 Å². The fourth-order valence-electron chi connectivity index (χ4n) is 3.88. The van der Waals surface area contributed by atoms with Gasteiger partial charge in [-0.15, -0.1) is 24.8 Å². The number of allylic oxidation sites excluding steroid dienone is 5. The van der Waals surface area contributed by atoms with Crippen LogP contribution >= 0.6 is 24.8 Å². The van der Waals surface area contributed by atoms with Crippen molar-refractivity contribution in [1.29, 1.82) is 0 Å². The molecule has 24 heavy (non-hydrogen) atoms. The normalized spacial score (nSPS) is 19.8. The summed E-state index contributed by atoms with van der Waals surface area (Å²) >= 11 is -2.97. The van der Waals surface area contributed by atoms with Crippen molar-refractivity contribution in [3.05, 3.63) is 62.5 Å². The molecule has 0 heterocycles. The van der Waals surface area contributed by atoms with Gasteiger partial charge in [0.25, 0.3) is 0 Å². The molecule has 0 fully saturated rings. The van der Waals surface area contributed by atoms with Crippen molar-refractivity contribution in [2.75, 3.05) is 0 Å². The topological polar surface area (TPSA) is 0 Å². The number of fused-ring (bicyclic) bond motifs is 1. The van der Waals surface area contributed by atoms with Crippen LogP contribution in [0.4, 0.5) is 0 Å². The molecule has 1 aromatic carbocycles. The summed E-state index contributed by atoms with van der Waals surface area (Å²) in [6.07, 6.45) is 11.1. The molecule has 3 rings (SSSR count). The van der Waals surface area contributed by atoms with Gasteiger partial charge >= 0.3 is 138 Å². The molecule has 1 unspecified atom stereocenters. The van der Waals surface area contributed by atoms with E-state index in [0.29, 0.717) is 3.63 Å². The average molecular weight is 461 g/mol. The number of benzene rings is 1. The standard InChI is InChI=1S/C9H7.C9H13.2CH3.2ClH.H2Si.Zr/c1-2-5-9-7-3-6-8(9)4-1;1-9(2,3)8-6-4-5-7-8;;;;;;/h1-7H;6-7H,4H2,1-3H3;2*1H3;2*1H;1H2;. The minimum absolute atomic E-state index is 0. The summed E-state index contributed by atoms with van der Waals surface area (Å²) in [5, 5.41) is 0. The van der Waals surface area contributed by atoms with Crippen LogP contribution in [0.1, 0.15) is 41.9 Å². The van der Waals surface area contributed by atoms with E-state index in [4.69, 9.17) is 0 Å². The minimum atomic E-state index is -2.97. The molecule has 4 heteroatoms. The summed E-state index contributed by atoms with van der Waals surface area (Å²) in [5.74, 6) is 0. The third-order valence-corrected chi connectivity index (χ3v) is 23.1. The van der Waals surface area contributed by atoms with Gasteiger partial charge < -0.3 is 0 Å². The van der Waals surface area contributed by atoms with Crippen molar-refractivity contribution in [1.82, 2.24) is 0 Å². The van der Waals surface area contributed by atoms with Crippen LogP contribution < -0.4 is 0 Å². The van der Waals surface area contributed by atoms with Gasteiger partial charge in [-0.1, -0.05) is 0 Å². The predicted octanol–water partition coefficient (Wildman–Crippen LogP) is 6.19. The third-order valence-electron chi connectivity index (χ3n) is 5.59. The Morgan fingerprint density at radius 3 is 2.29 bits per heavy atom. The molecule has 0 amide bonds. The van der Waals surface area contributed by atoms with Crippen LogP contribution in [0.15, 0.2) is 51.3 Å². The first-order valence-corrected chi connectivity index (χ1v) is 21.8. The Morgan fingerprint density at radius 2 is 1.71 bits per heavy atom. The van der Waals surface area contributed by atoms with Gasteiger partial charge in [-0.3, -0.25) is 0 Å². The Balaban J connectivity index is 0.00000144. The fraction of sp³-hybridized carbons (Fsp3) is 0.400. The van der Waals surface area contributed by atoms with Gasteiger partial charge in [-0.25, -0.2) is 0 Å². The molecule has 0 bridgehead atoms. The molecular formula is C20H30Cl2SiZr. The molecule has 0 nitrogen and oxygen atoms in total. The van der Waals surface area contributed by atoms with Crippen LogP contribution in [0.2, 0.25) is 9.26 Å². The smallest absolute Gasteiger partial charge is 0.147 e. The summed E-state index contributed by atoms with van der Waals surface area (Å²) in [6.45, 7) is 9.36. The first-order valence-electron chi connectivity index (χ1n) is 8.34. The van der Waals surface area contributed by atoms with E-state index in [0.717, 1.165) is 0 Å². The van der Waals surface area contributed by atoms with Crippen LogP contribution in [0.3, 0.4) is 0 Å². The molecule has 0 N–H and O–H groups in total. The Hall–Kier alpha value is 0.120. The summed E-state index contributed by atoms with van der Waals surface area (Å²) in [6, 6.07) is 8.98. The molecule has 0 spiro atoms. The van der Waals surface area contributed by atoms with Crippen molar-refractivity contribution >= 4 is 37.8 Å². The van der Waals surface area contributed by atoms with E-state index in [2.05, 4.69) is 85.5 Å². The fourth-order valence-corrected chi connectivity index (χ4v) is 16.7. The maximum absolute atomic E-state index is 2.97. The van der Waals surface area contributed by atoms with Crippen LogP contribution in [-0.2, 0) is 17.4 Å². The van der Waals surface area contributed by atoms with Gasteiger partial charge in [-0.05, 0) is 0 Å². The first kappa shape index (κ1) is 22.2. The zero-order chi connectivity index (χ0) is 16.2. The first-order chi connectivity index (χ1) is 10.1. The zero-order valence-corrected chi connectivity index (χ0v) is 20.9. The molecule has 0 aromatic heterocycles. The summed E-state index contributed by atoms with van der Waals surface area (Å²) in [5.41, 5.74) is 4.81. The molecule has 1 atom stereocenters. The molecule has 1 aromatic rings. The molecule has 132 valence electrons. The number of rotatable bonds is 2. The second-order valence-corrected chi connectivity index (χ2v) is 38.9. The van der Waals surface area contributed by atoms with Gasteiger partial charge in [-0.2, -0.15) is 0 Å². The van der Waals surface area contributed by atoms with Crippen LogP contribution in [-0.4, -0.2) is 6.88 Å². The van der Waals surface area contributed by atoms with Crippen molar-refractivity contribution in [3.8, 4) is 0 Å².